The quantitative estimate of drug-likeness (QED) is 0.917. The molecule has 98 valence electrons. The zero-order valence-corrected chi connectivity index (χ0v) is 11.3. The Balaban J connectivity index is 2.15. The SMILES string of the molecule is Cc1ccc(C)c([C@H](C)NC(=O)c2cnccn2)c1. The lowest BCUT2D eigenvalue weighted by molar-refractivity contribution is 0.0934. The molecule has 4 nitrogen and oxygen atoms in total. The summed E-state index contributed by atoms with van der Waals surface area (Å²) in [6.07, 6.45) is 4.52. The summed E-state index contributed by atoms with van der Waals surface area (Å²) in [5.74, 6) is -0.207. The molecule has 19 heavy (non-hydrogen) atoms. The van der Waals surface area contributed by atoms with E-state index in [9.17, 15) is 4.79 Å². The molecule has 2 aromatic rings. The Hall–Kier alpha value is -2.23. The highest BCUT2D eigenvalue weighted by Gasteiger charge is 2.14. The lowest BCUT2D eigenvalue weighted by Crippen LogP contribution is -2.28. The summed E-state index contributed by atoms with van der Waals surface area (Å²) in [5.41, 5.74) is 3.80. The number of benzene rings is 1. The largest absolute Gasteiger partial charge is 0.344 e. The van der Waals surface area contributed by atoms with Gasteiger partial charge in [0.2, 0.25) is 0 Å². The average molecular weight is 255 g/mol. The predicted molar refractivity (Wildman–Crippen MR) is 73.8 cm³/mol. The summed E-state index contributed by atoms with van der Waals surface area (Å²) in [7, 11) is 0. The van der Waals surface area contributed by atoms with Crippen molar-refractivity contribution >= 4 is 5.91 Å². The van der Waals surface area contributed by atoms with E-state index in [1.54, 1.807) is 6.20 Å². The van der Waals surface area contributed by atoms with Crippen molar-refractivity contribution in [1.82, 2.24) is 15.3 Å². The third-order valence-corrected chi connectivity index (χ3v) is 3.04. The molecule has 0 aliphatic heterocycles. The number of carbonyl (C=O) groups is 1. The van der Waals surface area contributed by atoms with Gasteiger partial charge in [0.25, 0.3) is 5.91 Å². The molecule has 0 radical (unpaired) electrons. The maximum absolute atomic E-state index is 12.0. The number of hydrogen-bond acceptors (Lipinski definition) is 3. The molecule has 1 aromatic heterocycles. The number of amides is 1. The van der Waals surface area contributed by atoms with E-state index in [1.165, 1.54) is 18.0 Å². The molecule has 0 bridgehead atoms. The fraction of sp³-hybridized carbons (Fsp3) is 0.267. The maximum atomic E-state index is 12.0. The summed E-state index contributed by atoms with van der Waals surface area (Å²) in [6.45, 7) is 6.05. The first-order valence-electron chi connectivity index (χ1n) is 6.22. The van der Waals surface area contributed by atoms with Crippen molar-refractivity contribution in [1.29, 1.82) is 0 Å². The van der Waals surface area contributed by atoms with Crippen LogP contribution in [0.15, 0.2) is 36.8 Å². The lowest BCUT2D eigenvalue weighted by Gasteiger charge is -2.17. The smallest absolute Gasteiger partial charge is 0.271 e. The minimum Gasteiger partial charge on any atom is -0.344 e. The van der Waals surface area contributed by atoms with Crippen molar-refractivity contribution < 1.29 is 4.79 Å². The minimum atomic E-state index is -0.207. The Morgan fingerprint density at radius 1 is 1.26 bits per heavy atom. The van der Waals surface area contributed by atoms with Crippen molar-refractivity contribution in [2.24, 2.45) is 0 Å². The van der Waals surface area contributed by atoms with E-state index < -0.39 is 0 Å². The molecule has 1 atom stereocenters. The van der Waals surface area contributed by atoms with Crippen LogP contribution in [0.2, 0.25) is 0 Å². The van der Waals surface area contributed by atoms with Crippen LogP contribution in [0, 0.1) is 13.8 Å². The summed E-state index contributed by atoms with van der Waals surface area (Å²) < 4.78 is 0. The summed E-state index contributed by atoms with van der Waals surface area (Å²) in [5, 5.41) is 2.94. The van der Waals surface area contributed by atoms with Gasteiger partial charge >= 0.3 is 0 Å². The van der Waals surface area contributed by atoms with Crippen molar-refractivity contribution in [3.8, 4) is 0 Å². The molecule has 1 amide bonds. The molecule has 0 aliphatic rings. The lowest BCUT2D eigenvalue weighted by atomic mass is 10.00. The monoisotopic (exact) mass is 255 g/mol. The van der Waals surface area contributed by atoms with Gasteiger partial charge in [0.05, 0.1) is 12.2 Å². The highest BCUT2D eigenvalue weighted by Crippen LogP contribution is 2.19. The van der Waals surface area contributed by atoms with Gasteiger partial charge in [-0.3, -0.25) is 9.78 Å². The van der Waals surface area contributed by atoms with Gasteiger partial charge in [-0.2, -0.15) is 0 Å². The molecule has 2 rings (SSSR count). The number of carbonyl (C=O) groups excluding carboxylic acids is 1. The molecule has 0 fully saturated rings. The van der Waals surface area contributed by atoms with E-state index in [2.05, 4.69) is 33.5 Å². The normalized spacial score (nSPS) is 11.9. The maximum Gasteiger partial charge on any atom is 0.271 e. The number of nitrogens with zero attached hydrogens (tertiary/aromatic N) is 2. The van der Waals surface area contributed by atoms with Gasteiger partial charge in [-0.1, -0.05) is 23.8 Å². The minimum absolute atomic E-state index is 0.0607. The Bertz CT molecular complexity index is 581. The number of nitrogens with one attached hydrogen (secondary N) is 1. The van der Waals surface area contributed by atoms with E-state index in [1.807, 2.05) is 20.8 Å². The molecule has 0 saturated heterocycles. The Labute approximate surface area is 112 Å². The summed E-state index contributed by atoms with van der Waals surface area (Å²) >= 11 is 0. The van der Waals surface area contributed by atoms with E-state index in [-0.39, 0.29) is 11.9 Å². The van der Waals surface area contributed by atoms with Gasteiger partial charge in [0, 0.05) is 12.4 Å². The van der Waals surface area contributed by atoms with Gasteiger partial charge in [-0.15, -0.1) is 0 Å². The summed E-state index contributed by atoms with van der Waals surface area (Å²) in [6, 6.07) is 6.16. The first-order valence-corrected chi connectivity index (χ1v) is 6.22. The second-order valence-corrected chi connectivity index (χ2v) is 4.65. The van der Waals surface area contributed by atoms with Crippen molar-refractivity contribution in [2.75, 3.05) is 0 Å². The highest BCUT2D eigenvalue weighted by atomic mass is 16.1. The highest BCUT2D eigenvalue weighted by molar-refractivity contribution is 5.92. The Kier molecular flexibility index (Phi) is 3.90. The molecule has 1 heterocycles. The zero-order chi connectivity index (χ0) is 13.8. The van der Waals surface area contributed by atoms with Crippen LogP contribution in [0.5, 0.6) is 0 Å². The Morgan fingerprint density at radius 2 is 2.05 bits per heavy atom. The van der Waals surface area contributed by atoms with Crippen molar-refractivity contribution in [3.63, 3.8) is 0 Å². The second kappa shape index (κ2) is 5.61. The van der Waals surface area contributed by atoms with Crippen molar-refractivity contribution in [2.45, 2.75) is 26.8 Å². The zero-order valence-electron chi connectivity index (χ0n) is 11.3. The third kappa shape index (κ3) is 3.16. The molecule has 4 heteroatoms. The predicted octanol–water partition coefficient (Wildman–Crippen LogP) is 2.58. The van der Waals surface area contributed by atoms with E-state index >= 15 is 0 Å². The van der Waals surface area contributed by atoms with Crippen LogP contribution < -0.4 is 5.32 Å². The van der Waals surface area contributed by atoms with Gasteiger partial charge in [-0.05, 0) is 31.9 Å². The average Bonchev–Trinajstić information content (AvgIpc) is 2.42. The number of aryl methyl sites for hydroxylation is 2. The van der Waals surface area contributed by atoms with Crippen LogP contribution in [0.3, 0.4) is 0 Å². The molecular weight excluding hydrogens is 238 g/mol. The van der Waals surface area contributed by atoms with E-state index in [0.29, 0.717) is 5.69 Å². The van der Waals surface area contributed by atoms with Crippen LogP contribution in [0.25, 0.3) is 0 Å². The van der Waals surface area contributed by atoms with Gasteiger partial charge in [0.1, 0.15) is 5.69 Å². The van der Waals surface area contributed by atoms with Crippen LogP contribution in [0.1, 0.15) is 40.1 Å². The molecule has 0 saturated carbocycles. The fourth-order valence-electron chi connectivity index (χ4n) is 1.99. The van der Waals surface area contributed by atoms with Gasteiger partial charge in [0.15, 0.2) is 0 Å². The van der Waals surface area contributed by atoms with Crippen molar-refractivity contribution in [3.05, 3.63) is 59.2 Å². The molecule has 0 aliphatic carbocycles. The van der Waals surface area contributed by atoms with E-state index in [4.69, 9.17) is 0 Å². The molecule has 0 spiro atoms. The number of rotatable bonds is 3. The molecular formula is C15H17N3O. The van der Waals surface area contributed by atoms with Gasteiger partial charge in [-0.25, -0.2) is 4.98 Å². The third-order valence-electron chi connectivity index (χ3n) is 3.04. The topological polar surface area (TPSA) is 54.9 Å². The van der Waals surface area contributed by atoms with Crippen LogP contribution >= 0.6 is 0 Å². The molecule has 1 N–H and O–H groups in total. The summed E-state index contributed by atoms with van der Waals surface area (Å²) in [4.78, 5) is 19.9. The van der Waals surface area contributed by atoms with Crippen LogP contribution in [-0.2, 0) is 0 Å². The first-order chi connectivity index (χ1) is 9.08. The first kappa shape index (κ1) is 13.2. The second-order valence-electron chi connectivity index (χ2n) is 4.65. The van der Waals surface area contributed by atoms with Gasteiger partial charge < -0.3 is 5.32 Å². The standard InChI is InChI=1S/C15H17N3O/c1-10-4-5-11(2)13(8-10)12(3)18-15(19)14-9-16-6-7-17-14/h4-9,12H,1-3H3,(H,18,19)/t12-/m0/s1. The van der Waals surface area contributed by atoms with E-state index in [0.717, 1.165) is 11.1 Å². The van der Waals surface area contributed by atoms with Crippen LogP contribution in [-0.4, -0.2) is 15.9 Å². The van der Waals surface area contributed by atoms with Crippen LogP contribution in [0.4, 0.5) is 0 Å². The number of hydrogen-bond donors (Lipinski definition) is 1. The molecule has 1 aromatic carbocycles. The fourth-order valence-corrected chi connectivity index (χ4v) is 1.99. The Morgan fingerprint density at radius 3 is 2.74 bits per heavy atom. The molecule has 0 unspecified atom stereocenters. The number of aromatic nitrogens is 2.